The van der Waals surface area contributed by atoms with Crippen molar-refractivity contribution >= 4 is 39.1 Å². The Morgan fingerprint density at radius 1 is 0.977 bits per heavy atom. The summed E-state index contributed by atoms with van der Waals surface area (Å²) in [5, 5.41) is 3.38. The first-order valence-corrected chi connectivity index (χ1v) is 16.6. The maximum absolute atomic E-state index is 14.2. The van der Waals surface area contributed by atoms with Crippen LogP contribution in [0.4, 0.5) is 5.69 Å². The summed E-state index contributed by atoms with van der Waals surface area (Å²) in [6, 6.07) is 21.6. The zero-order chi connectivity index (χ0) is 30.8. The van der Waals surface area contributed by atoms with Gasteiger partial charge in [0, 0.05) is 12.6 Å². The number of hydrogen-bond acceptors (Lipinski definition) is 5. The normalized spacial score (nSPS) is 14.5. The lowest BCUT2D eigenvalue weighted by Gasteiger charge is -2.34. The molecular weight excluding hydrogens is 586 g/mol. The van der Waals surface area contributed by atoms with E-state index in [-0.39, 0.29) is 34.1 Å². The van der Waals surface area contributed by atoms with Gasteiger partial charge in [-0.2, -0.15) is 0 Å². The van der Waals surface area contributed by atoms with Crippen LogP contribution < -0.4 is 14.4 Å². The maximum atomic E-state index is 14.2. The lowest BCUT2D eigenvalue weighted by Crippen LogP contribution is -2.54. The molecule has 1 aliphatic rings. The zero-order valence-corrected chi connectivity index (χ0v) is 26.3. The van der Waals surface area contributed by atoms with Crippen LogP contribution in [0.5, 0.6) is 5.75 Å². The molecule has 3 aromatic rings. The number of amides is 2. The van der Waals surface area contributed by atoms with Gasteiger partial charge in [0.25, 0.3) is 10.0 Å². The van der Waals surface area contributed by atoms with E-state index in [1.807, 2.05) is 37.3 Å². The number of carbonyl (C=O) groups is 2. The van der Waals surface area contributed by atoms with E-state index in [4.69, 9.17) is 16.3 Å². The Morgan fingerprint density at radius 2 is 1.63 bits per heavy atom. The Kier molecular flexibility index (Phi) is 11.5. The second-order valence-electron chi connectivity index (χ2n) is 10.7. The van der Waals surface area contributed by atoms with E-state index in [2.05, 4.69) is 5.32 Å². The van der Waals surface area contributed by atoms with Crippen molar-refractivity contribution in [2.75, 3.05) is 24.5 Å². The Labute approximate surface area is 260 Å². The minimum atomic E-state index is -4.18. The van der Waals surface area contributed by atoms with E-state index in [1.54, 1.807) is 30.3 Å². The Bertz CT molecular complexity index is 1460. The molecule has 4 rings (SSSR count). The monoisotopic (exact) mass is 625 g/mol. The van der Waals surface area contributed by atoms with Crippen molar-refractivity contribution in [1.29, 1.82) is 0 Å². The molecule has 1 aliphatic carbocycles. The molecule has 10 heteroatoms. The van der Waals surface area contributed by atoms with Gasteiger partial charge in [-0.3, -0.25) is 13.9 Å². The quantitative estimate of drug-likeness (QED) is 0.257. The van der Waals surface area contributed by atoms with Crippen LogP contribution >= 0.6 is 11.6 Å². The standard InChI is InChI=1S/C33H40ClN3O5S/c1-3-30(33(39)35-26-15-9-5-10-16-26)36(22-21-25-13-7-4-8-14-25)32(38)24-37(27-19-20-31(42-2)29(34)23-27)43(40,41)28-17-11-6-12-18-28/h4,6-8,11-14,17-20,23,26,30H,3,5,9-10,15-16,21-22,24H2,1-2H3,(H,35,39)/t30-/m1/s1. The first kappa shape index (κ1) is 32.4. The molecule has 2 amide bonds. The van der Waals surface area contributed by atoms with Crippen LogP contribution in [0.25, 0.3) is 0 Å². The lowest BCUT2D eigenvalue weighted by molar-refractivity contribution is -0.140. The van der Waals surface area contributed by atoms with Crippen LogP contribution in [-0.4, -0.2) is 57.4 Å². The van der Waals surface area contributed by atoms with Crippen LogP contribution in [0.15, 0.2) is 83.8 Å². The fraction of sp³-hybridized carbons (Fsp3) is 0.394. The van der Waals surface area contributed by atoms with Crippen molar-refractivity contribution in [2.45, 2.75) is 68.8 Å². The highest BCUT2D eigenvalue weighted by Crippen LogP contribution is 2.32. The fourth-order valence-electron chi connectivity index (χ4n) is 5.50. The molecule has 1 atom stereocenters. The third-order valence-electron chi connectivity index (χ3n) is 7.86. The number of halogens is 1. The third kappa shape index (κ3) is 8.30. The molecule has 1 fully saturated rings. The molecule has 0 spiro atoms. The summed E-state index contributed by atoms with van der Waals surface area (Å²) in [7, 11) is -2.71. The summed E-state index contributed by atoms with van der Waals surface area (Å²) >= 11 is 6.40. The van der Waals surface area contributed by atoms with Gasteiger partial charge in [0.15, 0.2) is 0 Å². The predicted molar refractivity (Wildman–Crippen MR) is 170 cm³/mol. The van der Waals surface area contributed by atoms with E-state index in [0.29, 0.717) is 18.6 Å². The van der Waals surface area contributed by atoms with Gasteiger partial charge < -0.3 is 15.0 Å². The summed E-state index contributed by atoms with van der Waals surface area (Å²) in [5.41, 5.74) is 1.23. The van der Waals surface area contributed by atoms with Crippen LogP contribution in [0.3, 0.4) is 0 Å². The molecule has 0 heterocycles. The molecule has 0 unspecified atom stereocenters. The van der Waals surface area contributed by atoms with Gasteiger partial charge >= 0.3 is 0 Å². The minimum absolute atomic E-state index is 0.0349. The lowest BCUT2D eigenvalue weighted by atomic mass is 9.95. The van der Waals surface area contributed by atoms with E-state index in [1.165, 1.54) is 30.2 Å². The van der Waals surface area contributed by atoms with Crippen molar-refractivity contribution < 1.29 is 22.7 Å². The topological polar surface area (TPSA) is 96.0 Å². The van der Waals surface area contributed by atoms with Gasteiger partial charge in [-0.05, 0) is 61.6 Å². The van der Waals surface area contributed by atoms with Crippen molar-refractivity contribution in [2.24, 2.45) is 0 Å². The smallest absolute Gasteiger partial charge is 0.264 e. The minimum Gasteiger partial charge on any atom is -0.495 e. The second kappa shape index (κ2) is 15.3. The summed E-state index contributed by atoms with van der Waals surface area (Å²) in [6.07, 6.45) is 6.03. The van der Waals surface area contributed by atoms with Gasteiger partial charge in [-0.1, -0.05) is 86.3 Å². The number of carbonyl (C=O) groups excluding carboxylic acids is 2. The number of nitrogens with one attached hydrogen (secondary N) is 1. The molecular formula is C33H40ClN3O5S. The SMILES string of the molecule is CC[C@H](C(=O)NC1CCCCC1)N(CCc1ccccc1)C(=O)CN(c1ccc(OC)c(Cl)c1)S(=O)(=O)c1ccccc1. The van der Waals surface area contributed by atoms with Gasteiger partial charge in [0.2, 0.25) is 11.8 Å². The van der Waals surface area contributed by atoms with Crippen LogP contribution in [0.1, 0.15) is 51.0 Å². The van der Waals surface area contributed by atoms with E-state index in [0.717, 1.165) is 42.0 Å². The molecule has 8 nitrogen and oxygen atoms in total. The highest BCUT2D eigenvalue weighted by Gasteiger charge is 2.34. The number of hydrogen-bond donors (Lipinski definition) is 1. The molecule has 0 saturated heterocycles. The molecule has 0 aromatic heterocycles. The largest absolute Gasteiger partial charge is 0.495 e. The van der Waals surface area contributed by atoms with E-state index in [9.17, 15) is 18.0 Å². The van der Waals surface area contributed by atoms with Crippen molar-refractivity contribution in [3.8, 4) is 5.75 Å². The Balaban J connectivity index is 1.68. The average Bonchev–Trinajstić information content (AvgIpc) is 3.03. The maximum Gasteiger partial charge on any atom is 0.264 e. The summed E-state index contributed by atoms with van der Waals surface area (Å²) in [4.78, 5) is 29.4. The highest BCUT2D eigenvalue weighted by molar-refractivity contribution is 7.92. The molecule has 1 saturated carbocycles. The number of sulfonamides is 1. The highest BCUT2D eigenvalue weighted by atomic mass is 35.5. The number of benzene rings is 3. The molecule has 3 aromatic carbocycles. The van der Waals surface area contributed by atoms with Crippen molar-refractivity contribution in [3.05, 3.63) is 89.4 Å². The van der Waals surface area contributed by atoms with Crippen molar-refractivity contribution in [1.82, 2.24) is 10.2 Å². The van der Waals surface area contributed by atoms with E-state index >= 15 is 0 Å². The van der Waals surface area contributed by atoms with Crippen LogP contribution in [0.2, 0.25) is 5.02 Å². The van der Waals surface area contributed by atoms with Crippen LogP contribution in [0, 0.1) is 0 Å². The number of methoxy groups -OCH3 is 1. The summed E-state index contributed by atoms with van der Waals surface area (Å²) in [6.45, 7) is 1.61. The Hall–Kier alpha value is -3.56. The number of ether oxygens (including phenoxy) is 1. The number of anilines is 1. The van der Waals surface area contributed by atoms with Gasteiger partial charge in [0.1, 0.15) is 18.3 Å². The molecule has 0 aliphatic heterocycles. The Morgan fingerprint density at radius 3 is 2.23 bits per heavy atom. The molecule has 43 heavy (non-hydrogen) atoms. The van der Waals surface area contributed by atoms with E-state index < -0.39 is 28.5 Å². The zero-order valence-electron chi connectivity index (χ0n) is 24.7. The third-order valence-corrected chi connectivity index (χ3v) is 9.94. The average molecular weight is 626 g/mol. The summed E-state index contributed by atoms with van der Waals surface area (Å²) < 4.78 is 34.3. The molecule has 0 bridgehead atoms. The fourth-order valence-corrected chi connectivity index (χ4v) is 7.18. The number of nitrogens with zero attached hydrogens (tertiary/aromatic N) is 2. The van der Waals surface area contributed by atoms with Gasteiger partial charge in [-0.25, -0.2) is 8.42 Å². The summed E-state index contributed by atoms with van der Waals surface area (Å²) in [5.74, 6) is -0.308. The first-order valence-electron chi connectivity index (χ1n) is 14.8. The van der Waals surface area contributed by atoms with Gasteiger partial charge in [-0.15, -0.1) is 0 Å². The second-order valence-corrected chi connectivity index (χ2v) is 13.0. The van der Waals surface area contributed by atoms with Gasteiger partial charge in [0.05, 0.1) is 22.7 Å². The predicted octanol–water partition coefficient (Wildman–Crippen LogP) is 5.84. The first-order chi connectivity index (χ1) is 20.7. The number of rotatable bonds is 13. The van der Waals surface area contributed by atoms with Crippen LogP contribution in [-0.2, 0) is 26.0 Å². The molecule has 1 N–H and O–H groups in total. The molecule has 0 radical (unpaired) electrons. The van der Waals surface area contributed by atoms with Crippen molar-refractivity contribution in [3.63, 3.8) is 0 Å². The molecule has 230 valence electrons.